The summed E-state index contributed by atoms with van der Waals surface area (Å²) < 4.78 is 6.30. The smallest absolute Gasteiger partial charge is 0.318 e. The third kappa shape index (κ3) is 4.97. The molecular weight excluding hydrogens is 502 g/mol. The number of hydrogen-bond donors (Lipinski definition) is 2. The molecule has 1 unspecified atom stereocenters. The highest BCUT2D eigenvalue weighted by molar-refractivity contribution is 5.97. The third-order valence-electron chi connectivity index (χ3n) is 9.09. The van der Waals surface area contributed by atoms with E-state index in [4.69, 9.17) is 14.7 Å². The Bertz CT molecular complexity index is 1420. The summed E-state index contributed by atoms with van der Waals surface area (Å²) in [5.41, 5.74) is 4.81. The Balaban J connectivity index is 1.18. The predicted molar refractivity (Wildman–Crippen MR) is 157 cm³/mol. The van der Waals surface area contributed by atoms with Crippen LogP contribution in [0.25, 0.3) is 10.8 Å². The van der Waals surface area contributed by atoms with Crippen molar-refractivity contribution in [2.24, 2.45) is 0 Å². The molecule has 2 N–H and O–H groups in total. The average Bonchev–Trinajstić information content (AvgIpc) is 3.59. The molecule has 0 radical (unpaired) electrons. The molecule has 0 saturated carbocycles. The Kier molecular flexibility index (Phi) is 6.71. The molecule has 3 saturated heterocycles. The van der Waals surface area contributed by atoms with Crippen LogP contribution in [0, 0.1) is 6.92 Å². The fraction of sp³-hybridized carbons (Fsp3) is 0.516. The van der Waals surface area contributed by atoms with Gasteiger partial charge in [-0.05, 0) is 63.2 Å². The van der Waals surface area contributed by atoms with Gasteiger partial charge in [-0.2, -0.15) is 9.97 Å². The molecule has 9 nitrogen and oxygen atoms in total. The van der Waals surface area contributed by atoms with Gasteiger partial charge in [0.15, 0.2) is 0 Å². The zero-order valence-corrected chi connectivity index (χ0v) is 23.5. The number of nitrogens with zero attached hydrogens (tertiary/aromatic N) is 5. The number of amides is 1. The van der Waals surface area contributed by atoms with Gasteiger partial charge in [0.05, 0.1) is 18.3 Å². The lowest BCUT2D eigenvalue weighted by Gasteiger charge is -2.33. The molecule has 0 aliphatic carbocycles. The topological polar surface area (TPSA) is 95.8 Å². The highest BCUT2D eigenvalue weighted by Gasteiger charge is 2.34. The highest BCUT2D eigenvalue weighted by atomic mass is 16.5. The van der Waals surface area contributed by atoms with Crippen molar-refractivity contribution in [1.29, 1.82) is 0 Å². The summed E-state index contributed by atoms with van der Waals surface area (Å²) in [7, 11) is 2.17. The number of aryl methyl sites for hydroxylation is 1. The van der Waals surface area contributed by atoms with E-state index in [1.165, 1.54) is 34.0 Å². The summed E-state index contributed by atoms with van der Waals surface area (Å²) in [6.07, 6.45) is 4.14. The number of fused-ring (bicyclic) bond motifs is 2. The molecule has 1 amide bonds. The molecule has 3 fully saturated rings. The van der Waals surface area contributed by atoms with Crippen LogP contribution in [-0.4, -0.2) is 85.3 Å². The van der Waals surface area contributed by atoms with Crippen LogP contribution in [0.2, 0.25) is 0 Å². The summed E-state index contributed by atoms with van der Waals surface area (Å²) >= 11 is 0. The molecule has 0 bridgehead atoms. The number of ether oxygens (including phenoxy) is 1. The molecule has 4 aliphatic heterocycles. The van der Waals surface area contributed by atoms with Crippen LogP contribution in [-0.2, 0) is 17.8 Å². The standard InChI is InChI=1S/C31H39N7O2/c1-20-6-3-7-21-8-4-10-27(28(20)21)37-15-12-24-26(18-37)34-31(40-19-23-9-5-13-36(23)2)35-29(24)38-14-11-22(17-38)33-30(39)25-16-32-25/h3-4,6-8,10,22-23,25,32H,5,9,11-19H2,1-2H3,(H,33,39)/t22-,23-,25?/m0/s1. The van der Waals surface area contributed by atoms with Crippen LogP contribution in [0.4, 0.5) is 11.5 Å². The maximum Gasteiger partial charge on any atom is 0.318 e. The SMILES string of the molecule is Cc1cccc2cccc(N3CCc4c(nc(OC[C@@H]5CCCN5C)nc4N4CC[C@H](NC(=O)C5CN5)C4)C3)c12. The molecule has 0 spiro atoms. The van der Waals surface area contributed by atoms with Gasteiger partial charge in [-0.1, -0.05) is 30.3 Å². The Morgan fingerprint density at radius 3 is 2.75 bits per heavy atom. The number of aromatic nitrogens is 2. The summed E-state index contributed by atoms with van der Waals surface area (Å²) in [6.45, 7) is 7.95. The number of benzene rings is 2. The van der Waals surface area contributed by atoms with Crippen molar-refractivity contribution in [1.82, 2.24) is 25.5 Å². The predicted octanol–water partition coefficient (Wildman–Crippen LogP) is 2.64. The molecule has 9 heteroatoms. The van der Waals surface area contributed by atoms with E-state index < -0.39 is 0 Å². The van der Waals surface area contributed by atoms with E-state index in [2.05, 4.69) is 75.7 Å². The number of rotatable bonds is 7. The number of likely N-dealkylation sites (tertiary alicyclic amines) is 1. The lowest BCUT2D eigenvalue weighted by molar-refractivity contribution is -0.121. The second-order valence-electron chi connectivity index (χ2n) is 11.9. The number of nitrogens with one attached hydrogen (secondary N) is 2. The van der Waals surface area contributed by atoms with E-state index in [9.17, 15) is 4.79 Å². The quantitative estimate of drug-likeness (QED) is 0.441. The van der Waals surface area contributed by atoms with Crippen LogP contribution in [0.1, 0.15) is 36.1 Å². The van der Waals surface area contributed by atoms with Crippen LogP contribution in [0.5, 0.6) is 6.01 Å². The molecule has 5 heterocycles. The van der Waals surface area contributed by atoms with Gasteiger partial charge in [0.2, 0.25) is 5.91 Å². The minimum absolute atomic E-state index is 0.0155. The van der Waals surface area contributed by atoms with E-state index in [0.717, 1.165) is 70.0 Å². The van der Waals surface area contributed by atoms with Gasteiger partial charge in [0.25, 0.3) is 0 Å². The normalized spacial score (nSPS) is 24.4. The third-order valence-corrected chi connectivity index (χ3v) is 9.09. The first-order chi connectivity index (χ1) is 19.5. The van der Waals surface area contributed by atoms with Crippen LogP contribution < -0.4 is 25.2 Å². The first-order valence-corrected chi connectivity index (χ1v) is 14.8. The first kappa shape index (κ1) is 25.5. The minimum Gasteiger partial charge on any atom is -0.462 e. The van der Waals surface area contributed by atoms with E-state index in [1.807, 2.05) is 0 Å². The molecule has 1 aromatic heterocycles. The molecule has 210 valence electrons. The lowest BCUT2D eigenvalue weighted by Crippen LogP contribution is -2.40. The van der Waals surface area contributed by atoms with Crippen molar-refractivity contribution in [3.8, 4) is 6.01 Å². The van der Waals surface area contributed by atoms with Crippen molar-refractivity contribution < 1.29 is 9.53 Å². The maximum atomic E-state index is 12.4. The van der Waals surface area contributed by atoms with Crippen LogP contribution in [0.3, 0.4) is 0 Å². The maximum absolute atomic E-state index is 12.4. The summed E-state index contributed by atoms with van der Waals surface area (Å²) in [5, 5.41) is 8.90. The summed E-state index contributed by atoms with van der Waals surface area (Å²) in [5.74, 6) is 1.09. The molecule has 2 aromatic carbocycles. The molecule has 40 heavy (non-hydrogen) atoms. The molecule has 7 rings (SSSR count). The Labute approximate surface area is 235 Å². The number of anilines is 2. The minimum atomic E-state index is -0.0155. The van der Waals surface area contributed by atoms with Gasteiger partial charge in [0, 0.05) is 54.9 Å². The largest absolute Gasteiger partial charge is 0.462 e. The van der Waals surface area contributed by atoms with Gasteiger partial charge in [0.1, 0.15) is 12.4 Å². The van der Waals surface area contributed by atoms with Crippen molar-refractivity contribution in [2.75, 3.05) is 56.2 Å². The molecule has 4 aliphatic rings. The molecular formula is C31H39N7O2. The van der Waals surface area contributed by atoms with Gasteiger partial charge < -0.3 is 30.1 Å². The first-order valence-electron chi connectivity index (χ1n) is 14.8. The highest BCUT2D eigenvalue weighted by Crippen LogP contribution is 2.36. The number of carbonyl (C=O) groups is 1. The molecule has 3 atom stereocenters. The number of hydrogen-bond acceptors (Lipinski definition) is 8. The van der Waals surface area contributed by atoms with Crippen molar-refractivity contribution in [3.63, 3.8) is 0 Å². The lowest BCUT2D eigenvalue weighted by atomic mass is 10.00. The second kappa shape index (κ2) is 10.5. The van der Waals surface area contributed by atoms with Crippen molar-refractivity contribution in [3.05, 3.63) is 53.2 Å². The monoisotopic (exact) mass is 541 g/mol. The van der Waals surface area contributed by atoms with Gasteiger partial charge in [-0.25, -0.2) is 0 Å². The molecule has 3 aromatic rings. The van der Waals surface area contributed by atoms with Gasteiger partial charge in [-0.3, -0.25) is 4.79 Å². The fourth-order valence-electron chi connectivity index (χ4n) is 6.67. The van der Waals surface area contributed by atoms with Crippen LogP contribution >= 0.6 is 0 Å². The number of carbonyl (C=O) groups excluding carboxylic acids is 1. The Hall–Kier alpha value is -3.43. The second-order valence-corrected chi connectivity index (χ2v) is 11.9. The Morgan fingerprint density at radius 2 is 1.95 bits per heavy atom. The van der Waals surface area contributed by atoms with Gasteiger partial charge >= 0.3 is 6.01 Å². The van der Waals surface area contributed by atoms with Gasteiger partial charge in [-0.15, -0.1) is 0 Å². The van der Waals surface area contributed by atoms with Crippen molar-refractivity contribution in [2.45, 2.75) is 57.3 Å². The van der Waals surface area contributed by atoms with E-state index in [1.54, 1.807) is 0 Å². The van der Waals surface area contributed by atoms with E-state index >= 15 is 0 Å². The van der Waals surface area contributed by atoms with Crippen molar-refractivity contribution >= 4 is 28.2 Å². The average molecular weight is 542 g/mol. The fourth-order valence-corrected chi connectivity index (χ4v) is 6.67. The zero-order valence-electron chi connectivity index (χ0n) is 23.5. The van der Waals surface area contributed by atoms with E-state index in [0.29, 0.717) is 18.7 Å². The summed E-state index contributed by atoms with van der Waals surface area (Å²) in [6, 6.07) is 14.1. The van der Waals surface area contributed by atoms with E-state index in [-0.39, 0.29) is 18.0 Å². The Morgan fingerprint density at radius 1 is 1.10 bits per heavy atom. The zero-order chi connectivity index (χ0) is 27.2. The number of likely N-dealkylation sites (N-methyl/N-ethyl adjacent to an activating group) is 1. The summed E-state index contributed by atoms with van der Waals surface area (Å²) in [4.78, 5) is 29.5. The van der Waals surface area contributed by atoms with Crippen LogP contribution in [0.15, 0.2) is 36.4 Å².